The Bertz CT molecular complexity index is 134. The van der Waals surface area contributed by atoms with Gasteiger partial charge in [0.15, 0.2) is 0 Å². The summed E-state index contributed by atoms with van der Waals surface area (Å²) < 4.78 is 0. The molecule has 0 rings (SSSR count). The molecule has 0 aromatic rings. The van der Waals surface area contributed by atoms with E-state index in [4.69, 9.17) is 4.89 Å². The van der Waals surface area contributed by atoms with Crippen molar-refractivity contribution in [3.8, 4) is 0 Å². The third-order valence-corrected chi connectivity index (χ3v) is 1.72. The maximum atomic E-state index is 10.9. The predicted octanol–water partition coefficient (Wildman–Crippen LogP) is 2.84. The van der Waals surface area contributed by atoms with E-state index in [9.17, 15) is 4.79 Å². The number of carbonyl (C=O) groups is 1. The molecule has 0 N–H and O–H groups in total. The topological polar surface area (TPSA) is 35.5 Å². The Morgan fingerprint density at radius 1 is 1.31 bits per heavy atom. The van der Waals surface area contributed by atoms with Gasteiger partial charge >= 0.3 is 5.97 Å². The van der Waals surface area contributed by atoms with Gasteiger partial charge in [-0.1, -0.05) is 26.7 Å². The van der Waals surface area contributed by atoms with Gasteiger partial charge in [0.1, 0.15) is 6.10 Å². The van der Waals surface area contributed by atoms with Crippen LogP contribution in [0.15, 0.2) is 0 Å². The molecule has 3 nitrogen and oxygen atoms in total. The minimum atomic E-state index is -0.272. The SMILES string of the molecule is CCCCC(C)OOC(=O)CCC. The zero-order valence-corrected chi connectivity index (χ0v) is 8.84. The number of hydrogen-bond acceptors (Lipinski definition) is 3. The molecule has 0 aromatic carbocycles. The fraction of sp³-hybridized carbons (Fsp3) is 0.900. The highest BCUT2D eigenvalue weighted by molar-refractivity contribution is 5.68. The molecule has 0 saturated carbocycles. The van der Waals surface area contributed by atoms with Crippen molar-refractivity contribution in [1.29, 1.82) is 0 Å². The first-order chi connectivity index (χ1) is 6.20. The molecule has 0 spiro atoms. The van der Waals surface area contributed by atoms with Crippen molar-refractivity contribution >= 4 is 5.97 Å². The third-order valence-electron chi connectivity index (χ3n) is 1.72. The van der Waals surface area contributed by atoms with Crippen molar-refractivity contribution in [2.24, 2.45) is 0 Å². The van der Waals surface area contributed by atoms with E-state index < -0.39 is 0 Å². The normalized spacial score (nSPS) is 12.5. The van der Waals surface area contributed by atoms with Crippen LogP contribution in [0, 0.1) is 0 Å². The monoisotopic (exact) mass is 188 g/mol. The van der Waals surface area contributed by atoms with E-state index in [1.165, 1.54) is 0 Å². The number of unbranched alkanes of at least 4 members (excludes halogenated alkanes) is 1. The highest BCUT2D eigenvalue weighted by Crippen LogP contribution is 2.05. The maximum absolute atomic E-state index is 10.9. The van der Waals surface area contributed by atoms with E-state index in [0.717, 1.165) is 25.7 Å². The summed E-state index contributed by atoms with van der Waals surface area (Å²) in [5.74, 6) is -0.272. The molecule has 0 aliphatic rings. The van der Waals surface area contributed by atoms with E-state index in [1.54, 1.807) is 0 Å². The Hall–Kier alpha value is -0.570. The van der Waals surface area contributed by atoms with Gasteiger partial charge in [-0.25, -0.2) is 4.79 Å². The van der Waals surface area contributed by atoms with Crippen LogP contribution in [0.25, 0.3) is 0 Å². The van der Waals surface area contributed by atoms with Gasteiger partial charge in [0.25, 0.3) is 0 Å². The molecule has 78 valence electrons. The second-order valence-electron chi connectivity index (χ2n) is 3.25. The Labute approximate surface area is 80.3 Å². The van der Waals surface area contributed by atoms with Crippen LogP contribution in [0.1, 0.15) is 52.9 Å². The fourth-order valence-corrected chi connectivity index (χ4v) is 0.921. The molecule has 0 amide bonds. The van der Waals surface area contributed by atoms with Crippen LogP contribution in [0.3, 0.4) is 0 Å². The Morgan fingerprint density at radius 2 is 2.00 bits per heavy atom. The molecule has 3 heteroatoms. The predicted molar refractivity (Wildman–Crippen MR) is 51.1 cm³/mol. The first-order valence-electron chi connectivity index (χ1n) is 5.06. The Morgan fingerprint density at radius 3 is 2.54 bits per heavy atom. The third kappa shape index (κ3) is 7.78. The number of rotatable bonds is 7. The average molecular weight is 188 g/mol. The summed E-state index contributed by atoms with van der Waals surface area (Å²) >= 11 is 0. The van der Waals surface area contributed by atoms with Crippen LogP contribution >= 0.6 is 0 Å². The highest BCUT2D eigenvalue weighted by atomic mass is 17.2. The number of carbonyl (C=O) groups excluding carboxylic acids is 1. The molecule has 13 heavy (non-hydrogen) atoms. The quantitative estimate of drug-likeness (QED) is 0.455. The Balaban J connectivity index is 3.34. The molecule has 0 saturated heterocycles. The second-order valence-corrected chi connectivity index (χ2v) is 3.25. The lowest BCUT2D eigenvalue weighted by Gasteiger charge is -2.09. The lowest BCUT2D eigenvalue weighted by molar-refractivity contribution is -0.295. The fourth-order valence-electron chi connectivity index (χ4n) is 0.921. The van der Waals surface area contributed by atoms with E-state index in [0.29, 0.717) is 6.42 Å². The summed E-state index contributed by atoms with van der Waals surface area (Å²) in [6.07, 6.45) is 4.42. The van der Waals surface area contributed by atoms with Gasteiger partial charge in [-0.3, -0.25) is 4.89 Å². The van der Waals surface area contributed by atoms with Crippen LogP contribution in [-0.2, 0) is 14.6 Å². The summed E-state index contributed by atoms with van der Waals surface area (Å²) in [7, 11) is 0. The maximum Gasteiger partial charge on any atom is 0.342 e. The van der Waals surface area contributed by atoms with Crippen LogP contribution in [0.5, 0.6) is 0 Å². The molecule has 0 aliphatic carbocycles. The van der Waals surface area contributed by atoms with Gasteiger partial charge in [0, 0.05) is 6.42 Å². The molecular weight excluding hydrogens is 168 g/mol. The summed E-state index contributed by atoms with van der Waals surface area (Å²) in [4.78, 5) is 20.4. The van der Waals surface area contributed by atoms with E-state index >= 15 is 0 Å². The number of hydrogen-bond donors (Lipinski definition) is 0. The first kappa shape index (κ1) is 12.4. The van der Waals surface area contributed by atoms with Gasteiger partial charge in [-0.15, -0.1) is 0 Å². The molecule has 0 radical (unpaired) electrons. The summed E-state index contributed by atoms with van der Waals surface area (Å²) in [5.41, 5.74) is 0. The summed E-state index contributed by atoms with van der Waals surface area (Å²) in [5, 5.41) is 0. The van der Waals surface area contributed by atoms with E-state index in [2.05, 4.69) is 11.8 Å². The molecule has 0 fully saturated rings. The summed E-state index contributed by atoms with van der Waals surface area (Å²) in [6, 6.07) is 0. The standard InChI is InChI=1S/C10H20O3/c1-4-6-8-9(3)12-13-10(11)7-5-2/h9H,4-8H2,1-3H3. The van der Waals surface area contributed by atoms with Gasteiger partial charge in [-0.2, -0.15) is 4.89 Å². The first-order valence-corrected chi connectivity index (χ1v) is 5.06. The minimum Gasteiger partial charge on any atom is -0.298 e. The average Bonchev–Trinajstić information content (AvgIpc) is 2.12. The molecule has 0 aromatic heterocycles. The summed E-state index contributed by atoms with van der Waals surface area (Å²) in [6.45, 7) is 5.96. The van der Waals surface area contributed by atoms with Crippen molar-refractivity contribution in [3.05, 3.63) is 0 Å². The zero-order chi connectivity index (χ0) is 10.1. The molecule has 0 heterocycles. The van der Waals surface area contributed by atoms with Crippen LogP contribution in [0.4, 0.5) is 0 Å². The molecule has 1 unspecified atom stereocenters. The van der Waals surface area contributed by atoms with Crippen molar-refractivity contribution in [2.45, 2.75) is 59.0 Å². The molecule has 0 bridgehead atoms. The second kappa shape index (κ2) is 8.05. The Kier molecular flexibility index (Phi) is 7.69. The van der Waals surface area contributed by atoms with Crippen molar-refractivity contribution in [2.75, 3.05) is 0 Å². The molecular formula is C10H20O3. The van der Waals surface area contributed by atoms with Crippen molar-refractivity contribution in [1.82, 2.24) is 0 Å². The highest BCUT2D eigenvalue weighted by Gasteiger charge is 2.06. The minimum absolute atomic E-state index is 0.0146. The van der Waals surface area contributed by atoms with Crippen molar-refractivity contribution in [3.63, 3.8) is 0 Å². The van der Waals surface area contributed by atoms with Gasteiger partial charge in [-0.05, 0) is 19.8 Å². The van der Waals surface area contributed by atoms with Crippen LogP contribution < -0.4 is 0 Å². The van der Waals surface area contributed by atoms with E-state index in [1.807, 2.05) is 13.8 Å². The van der Waals surface area contributed by atoms with E-state index in [-0.39, 0.29) is 12.1 Å². The lowest BCUT2D eigenvalue weighted by Crippen LogP contribution is -2.13. The van der Waals surface area contributed by atoms with Crippen LogP contribution in [-0.4, -0.2) is 12.1 Å². The molecule has 1 atom stereocenters. The smallest absolute Gasteiger partial charge is 0.298 e. The van der Waals surface area contributed by atoms with Gasteiger partial charge in [0.2, 0.25) is 0 Å². The van der Waals surface area contributed by atoms with Gasteiger partial charge in [0.05, 0.1) is 0 Å². The van der Waals surface area contributed by atoms with Crippen molar-refractivity contribution < 1.29 is 14.6 Å². The zero-order valence-electron chi connectivity index (χ0n) is 8.84. The van der Waals surface area contributed by atoms with Crippen LogP contribution in [0.2, 0.25) is 0 Å². The lowest BCUT2D eigenvalue weighted by atomic mass is 10.2. The van der Waals surface area contributed by atoms with Gasteiger partial charge < -0.3 is 0 Å². The largest absolute Gasteiger partial charge is 0.342 e. The molecule has 0 aliphatic heterocycles.